The van der Waals surface area contributed by atoms with Crippen LogP contribution in [0.1, 0.15) is 22.7 Å². The fraction of sp³-hybridized carbons (Fsp3) is 0.200. The molecule has 9 heteroatoms. The van der Waals surface area contributed by atoms with Crippen LogP contribution < -0.4 is 10.3 Å². The Balaban J connectivity index is 1.44. The smallest absolute Gasteiger partial charge is 0.252 e. The molecule has 0 aliphatic rings. The van der Waals surface area contributed by atoms with E-state index in [1.807, 2.05) is 54.6 Å². The number of tetrazole rings is 1. The first-order valence-corrected chi connectivity index (χ1v) is 10.9. The minimum absolute atomic E-state index is 0.120. The summed E-state index contributed by atoms with van der Waals surface area (Å²) in [4.78, 5) is 18.0. The van der Waals surface area contributed by atoms with Gasteiger partial charge in [0.25, 0.3) is 5.56 Å². The molecule has 0 radical (unpaired) electrons. The first kappa shape index (κ1) is 21.6. The Kier molecular flexibility index (Phi) is 6.17. The molecule has 2 aromatic carbocycles. The van der Waals surface area contributed by atoms with Crippen LogP contribution >= 0.6 is 0 Å². The summed E-state index contributed by atoms with van der Waals surface area (Å²) in [6.07, 6.45) is 1.63. The summed E-state index contributed by atoms with van der Waals surface area (Å²) < 4.78 is 12.5. The lowest BCUT2D eigenvalue weighted by Crippen LogP contribution is -2.28. The highest BCUT2D eigenvalue weighted by atomic mass is 16.5. The molecule has 5 aromatic rings. The number of aromatic nitrogens is 5. The van der Waals surface area contributed by atoms with Crippen LogP contribution in [0.25, 0.3) is 10.9 Å². The predicted octanol–water partition coefficient (Wildman–Crippen LogP) is 3.37. The Morgan fingerprint density at radius 3 is 2.71 bits per heavy atom. The minimum atomic E-state index is -0.120. The molecular weight excluding hydrogens is 432 g/mol. The van der Waals surface area contributed by atoms with Crippen molar-refractivity contribution in [3.8, 4) is 5.75 Å². The number of pyridine rings is 1. The summed E-state index contributed by atoms with van der Waals surface area (Å²) in [5, 5.41) is 13.1. The molecule has 0 atom stereocenters. The molecule has 0 aliphatic heterocycles. The fourth-order valence-electron chi connectivity index (χ4n) is 3.93. The van der Waals surface area contributed by atoms with E-state index in [2.05, 4.69) is 37.5 Å². The lowest BCUT2D eigenvalue weighted by Gasteiger charge is -2.22. The maximum absolute atomic E-state index is 12.9. The highest BCUT2D eigenvalue weighted by molar-refractivity contribution is 5.80. The van der Waals surface area contributed by atoms with E-state index >= 15 is 0 Å². The molecule has 34 heavy (non-hydrogen) atoms. The first-order valence-electron chi connectivity index (χ1n) is 10.9. The number of hydrogen-bond donors (Lipinski definition) is 1. The van der Waals surface area contributed by atoms with Crippen LogP contribution in [0.5, 0.6) is 5.75 Å². The van der Waals surface area contributed by atoms with Gasteiger partial charge in [-0.3, -0.25) is 9.69 Å². The second-order valence-corrected chi connectivity index (χ2v) is 8.04. The molecule has 0 amide bonds. The second kappa shape index (κ2) is 9.72. The van der Waals surface area contributed by atoms with Gasteiger partial charge in [0, 0.05) is 29.6 Å². The molecule has 0 saturated carbocycles. The maximum Gasteiger partial charge on any atom is 0.252 e. The van der Waals surface area contributed by atoms with E-state index in [4.69, 9.17) is 9.15 Å². The molecule has 1 N–H and O–H groups in total. The van der Waals surface area contributed by atoms with Gasteiger partial charge in [0.15, 0.2) is 5.82 Å². The van der Waals surface area contributed by atoms with Crippen LogP contribution in [0, 0.1) is 0 Å². The molecule has 3 heterocycles. The number of fused-ring (bicyclic) bond motifs is 1. The van der Waals surface area contributed by atoms with E-state index in [9.17, 15) is 4.79 Å². The highest BCUT2D eigenvalue weighted by Gasteiger charge is 2.16. The predicted molar refractivity (Wildman–Crippen MR) is 126 cm³/mol. The molecule has 0 spiro atoms. The highest BCUT2D eigenvalue weighted by Crippen LogP contribution is 2.20. The number of nitrogens with one attached hydrogen (secondary N) is 1. The topological polar surface area (TPSA) is 102 Å². The monoisotopic (exact) mass is 456 g/mol. The van der Waals surface area contributed by atoms with Crippen molar-refractivity contribution in [3.63, 3.8) is 0 Å². The van der Waals surface area contributed by atoms with Gasteiger partial charge in [-0.1, -0.05) is 30.3 Å². The zero-order valence-corrected chi connectivity index (χ0v) is 18.7. The number of aromatic amines is 1. The molecule has 172 valence electrons. The molecule has 3 aromatic heterocycles. The van der Waals surface area contributed by atoms with Crippen molar-refractivity contribution < 1.29 is 9.15 Å². The molecule has 0 unspecified atom stereocenters. The third-order valence-corrected chi connectivity index (χ3v) is 5.63. The van der Waals surface area contributed by atoms with Gasteiger partial charge in [0.2, 0.25) is 0 Å². The number of furan rings is 1. The lowest BCUT2D eigenvalue weighted by atomic mass is 10.1. The molecule has 5 rings (SSSR count). The van der Waals surface area contributed by atoms with E-state index in [1.165, 1.54) is 0 Å². The van der Waals surface area contributed by atoms with Crippen LogP contribution in [-0.2, 0) is 26.2 Å². The van der Waals surface area contributed by atoms with Crippen molar-refractivity contribution in [2.24, 2.45) is 0 Å². The van der Waals surface area contributed by atoms with Gasteiger partial charge in [-0.05, 0) is 52.4 Å². The van der Waals surface area contributed by atoms with Crippen LogP contribution in [0.4, 0.5) is 0 Å². The van der Waals surface area contributed by atoms with E-state index in [0.717, 1.165) is 28.0 Å². The van der Waals surface area contributed by atoms with Crippen molar-refractivity contribution >= 4 is 10.9 Å². The third kappa shape index (κ3) is 4.89. The fourth-order valence-corrected chi connectivity index (χ4v) is 3.93. The summed E-state index contributed by atoms with van der Waals surface area (Å²) in [5.74, 6) is 2.19. The van der Waals surface area contributed by atoms with Crippen molar-refractivity contribution in [2.45, 2.75) is 26.2 Å². The van der Waals surface area contributed by atoms with E-state index in [1.54, 1.807) is 18.1 Å². The van der Waals surface area contributed by atoms with Crippen molar-refractivity contribution in [2.75, 3.05) is 7.11 Å². The largest absolute Gasteiger partial charge is 0.497 e. The molecule has 9 nitrogen and oxygen atoms in total. The Labute approximate surface area is 195 Å². The van der Waals surface area contributed by atoms with Gasteiger partial charge in [-0.15, -0.1) is 5.10 Å². The van der Waals surface area contributed by atoms with Crippen LogP contribution in [0.15, 0.2) is 82.2 Å². The minimum Gasteiger partial charge on any atom is -0.497 e. The zero-order chi connectivity index (χ0) is 23.3. The number of hydrogen-bond acceptors (Lipinski definition) is 7. The van der Waals surface area contributed by atoms with Gasteiger partial charge in [-0.25, -0.2) is 4.68 Å². The van der Waals surface area contributed by atoms with Gasteiger partial charge < -0.3 is 14.1 Å². The summed E-state index contributed by atoms with van der Waals surface area (Å²) in [6.45, 7) is 1.94. The van der Waals surface area contributed by atoms with Crippen LogP contribution in [-0.4, -0.2) is 37.2 Å². The maximum atomic E-state index is 12.9. The van der Waals surface area contributed by atoms with Gasteiger partial charge >= 0.3 is 0 Å². The van der Waals surface area contributed by atoms with Crippen molar-refractivity contribution in [3.05, 3.63) is 106 Å². The van der Waals surface area contributed by atoms with Crippen LogP contribution in [0.3, 0.4) is 0 Å². The molecule has 0 saturated heterocycles. The number of benzene rings is 2. The van der Waals surface area contributed by atoms with E-state index in [-0.39, 0.29) is 5.56 Å². The summed E-state index contributed by atoms with van der Waals surface area (Å²) in [7, 11) is 1.63. The quantitative estimate of drug-likeness (QED) is 0.363. The van der Waals surface area contributed by atoms with Gasteiger partial charge in [-0.2, -0.15) is 0 Å². The number of ether oxygens (including phenoxy) is 1. The second-order valence-electron chi connectivity index (χ2n) is 8.04. The summed E-state index contributed by atoms with van der Waals surface area (Å²) in [6, 6.07) is 21.4. The molecule has 0 fully saturated rings. The lowest BCUT2D eigenvalue weighted by molar-refractivity contribution is 0.235. The Morgan fingerprint density at radius 1 is 1.03 bits per heavy atom. The van der Waals surface area contributed by atoms with E-state index in [0.29, 0.717) is 37.6 Å². The van der Waals surface area contributed by atoms with Gasteiger partial charge in [0.1, 0.15) is 18.1 Å². The standard InChI is InChI=1S/C25H24N6O3/c1-33-21-9-10-23-19(13-21)12-20(25(32)26-23)15-30(14-18-6-3-2-4-7-18)17-24-27-28-29-31(24)16-22-8-5-11-34-22/h2-13H,14-17H2,1H3,(H,26,32). The Hall–Kier alpha value is -4.24. The number of nitrogens with zero attached hydrogens (tertiary/aromatic N) is 5. The molecular formula is C25H24N6O3. The Morgan fingerprint density at radius 2 is 1.91 bits per heavy atom. The normalized spacial score (nSPS) is 11.4. The van der Waals surface area contributed by atoms with Crippen molar-refractivity contribution in [1.29, 1.82) is 0 Å². The molecule has 0 aliphatic carbocycles. The zero-order valence-electron chi connectivity index (χ0n) is 18.7. The number of H-pyrrole nitrogens is 1. The average Bonchev–Trinajstić information content (AvgIpc) is 3.52. The van der Waals surface area contributed by atoms with Gasteiger partial charge in [0.05, 0.1) is 19.9 Å². The first-order chi connectivity index (χ1) is 16.7. The van der Waals surface area contributed by atoms with E-state index < -0.39 is 0 Å². The van der Waals surface area contributed by atoms with Crippen molar-refractivity contribution in [1.82, 2.24) is 30.1 Å². The average molecular weight is 457 g/mol. The van der Waals surface area contributed by atoms with Crippen LogP contribution in [0.2, 0.25) is 0 Å². The summed E-state index contributed by atoms with van der Waals surface area (Å²) in [5.41, 5.74) is 2.44. The molecule has 0 bridgehead atoms. The Bertz CT molecular complexity index is 1430. The SMILES string of the molecule is COc1ccc2[nH]c(=O)c(CN(Cc3ccccc3)Cc3nnnn3Cc3ccco3)cc2c1. The summed E-state index contributed by atoms with van der Waals surface area (Å²) >= 11 is 0. The third-order valence-electron chi connectivity index (χ3n) is 5.63. The number of methoxy groups -OCH3 is 1. The number of rotatable bonds is 9.